The molecule has 172 valence electrons. The Morgan fingerprint density at radius 1 is 0.613 bits per heavy atom. The van der Waals surface area contributed by atoms with Gasteiger partial charge in [-0.05, 0) is 0 Å². The van der Waals surface area contributed by atoms with E-state index < -0.39 is 19.2 Å². The summed E-state index contributed by atoms with van der Waals surface area (Å²) in [5, 5.41) is 0. The molecule has 0 bridgehead atoms. The Labute approximate surface area is 196 Å². The number of rotatable bonds is 12. The van der Waals surface area contributed by atoms with Gasteiger partial charge in [-0.2, -0.15) is 0 Å². The Kier molecular flexibility index (Phi) is 10.3. The molecule has 0 aliphatic rings. The number of unbranched alkanes of at least 4 members (excludes halogenated alkanes) is 2. The van der Waals surface area contributed by atoms with Crippen LogP contribution in [-0.2, 0) is 12.8 Å². The van der Waals surface area contributed by atoms with Gasteiger partial charge in [-0.15, -0.1) is 0 Å². The Balaban J connectivity index is 2.56. The molecule has 2 aromatic rings. The third kappa shape index (κ3) is 6.43. The Morgan fingerprint density at radius 2 is 1.00 bits per heavy atom. The summed E-state index contributed by atoms with van der Waals surface area (Å²) in [6, 6.07) is 8.84. The molecule has 3 heteroatoms. The Hall–Kier alpha value is -1.16. The van der Waals surface area contributed by atoms with E-state index in [0.29, 0.717) is 0 Å². The van der Waals surface area contributed by atoms with Crippen molar-refractivity contribution in [2.75, 3.05) is 0 Å². The summed E-state index contributed by atoms with van der Waals surface area (Å²) in [5.74, 6) is 2.16. The predicted molar refractivity (Wildman–Crippen MR) is 137 cm³/mol. The van der Waals surface area contributed by atoms with Crippen LogP contribution in [0.1, 0.15) is 86.8 Å². The van der Waals surface area contributed by atoms with Crippen molar-refractivity contribution >= 4 is 19.2 Å². The molecule has 0 spiro atoms. The molecule has 0 aliphatic carbocycles. The van der Waals surface area contributed by atoms with Crippen molar-refractivity contribution in [1.82, 2.24) is 0 Å². The Morgan fingerprint density at radius 3 is 1.32 bits per heavy atom. The van der Waals surface area contributed by atoms with Gasteiger partial charge in [0.15, 0.2) is 0 Å². The summed E-state index contributed by atoms with van der Waals surface area (Å²) in [6.45, 7) is 17.9. The zero-order valence-electron chi connectivity index (χ0n) is 21.3. The van der Waals surface area contributed by atoms with Crippen molar-refractivity contribution in [3.8, 4) is 11.5 Å². The molecule has 0 radical (unpaired) electrons. The molecule has 0 amide bonds. The van der Waals surface area contributed by atoms with Crippen molar-refractivity contribution in [3.05, 3.63) is 57.6 Å². The average molecular weight is 531 g/mol. The van der Waals surface area contributed by atoms with Crippen molar-refractivity contribution in [2.45, 2.75) is 103 Å². The van der Waals surface area contributed by atoms with Crippen LogP contribution in [0.15, 0.2) is 24.3 Å². The molecule has 0 saturated heterocycles. The van der Waals surface area contributed by atoms with Gasteiger partial charge in [0.2, 0.25) is 0 Å². The van der Waals surface area contributed by atoms with E-state index in [0.717, 1.165) is 33.2 Å². The molecule has 31 heavy (non-hydrogen) atoms. The number of hydrogen-bond donors (Lipinski definition) is 0. The van der Waals surface area contributed by atoms with E-state index in [1.165, 1.54) is 59.1 Å². The second-order valence-electron chi connectivity index (χ2n) is 9.00. The van der Waals surface area contributed by atoms with Gasteiger partial charge in [-0.1, -0.05) is 0 Å². The van der Waals surface area contributed by atoms with Gasteiger partial charge >= 0.3 is 197 Å². The minimum absolute atomic E-state index is 0.996. The molecule has 0 N–H and O–H groups in total. The van der Waals surface area contributed by atoms with Gasteiger partial charge in [0.1, 0.15) is 0 Å². The molecular formula is C28H44O2Sn. The molecule has 0 aromatic heterocycles. The van der Waals surface area contributed by atoms with E-state index in [9.17, 15) is 0 Å². The van der Waals surface area contributed by atoms with Crippen LogP contribution in [0.4, 0.5) is 0 Å². The fourth-order valence-corrected chi connectivity index (χ4v) is 14.9. The summed E-state index contributed by atoms with van der Waals surface area (Å²) in [4.78, 5) is 0. The molecule has 0 fully saturated rings. The van der Waals surface area contributed by atoms with Crippen molar-refractivity contribution < 1.29 is 6.15 Å². The maximum absolute atomic E-state index is 7.13. The van der Waals surface area contributed by atoms with Gasteiger partial charge in [0.25, 0.3) is 0 Å². The van der Waals surface area contributed by atoms with Crippen LogP contribution < -0.4 is 6.15 Å². The molecule has 2 aromatic carbocycles. The van der Waals surface area contributed by atoms with Gasteiger partial charge in [-0.25, -0.2) is 0 Å². The molecule has 0 unspecified atom stereocenters. The molecule has 0 heterocycles. The topological polar surface area (TPSA) is 18.5 Å². The summed E-state index contributed by atoms with van der Waals surface area (Å²) in [7, 11) is 0. The summed E-state index contributed by atoms with van der Waals surface area (Å²) >= 11 is -3.45. The van der Waals surface area contributed by atoms with E-state index in [4.69, 9.17) is 6.15 Å². The van der Waals surface area contributed by atoms with Gasteiger partial charge in [-0.3, -0.25) is 0 Å². The first-order valence-corrected chi connectivity index (χ1v) is 18.7. The molecule has 0 atom stereocenters. The van der Waals surface area contributed by atoms with Crippen LogP contribution in [0.25, 0.3) is 0 Å². The quantitative estimate of drug-likeness (QED) is 0.256. The van der Waals surface area contributed by atoms with E-state index in [2.05, 4.69) is 79.7 Å². The summed E-state index contributed by atoms with van der Waals surface area (Å²) in [6.07, 6.45) is 6.71. The first-order valence-electron chi connectivity index (χ1n) is 12.4. The SMILES string of the molecule is CCC[CH2][Sn]([CH2]CCC)([O]c1ccc(C)c(C)c1CC)[O]c1ccc(C)c(C)c1CC. The summed E-state index contributed by atoms with van der Waals surface area (Å²) in [5.41, 5.74) is 8.13. The summed E-state index contributed by atoms with van der Waals surface area (Å²) < 4.78 is 16.5. The van der Waals surface area contributed by atoms with Gasteiger partial charge < -0.3 is 0 Å². The third-order valence-corrected chi connectivity index (χ3v) is 16.5. The molecule has 0 saturated carbocycles. The van der Waals surface area contributed by atoms with Crippen LogP contribution in [0.5, 0.6) is 11.5 Å². The van der Waals surface area contributed by atoms with Crippen molar-refractivity contribution in [3.63, 3.8) is 0 Å². The van der Waals surface area contributed by atoms with Crippen LogP contribution >= 0.6 is 0 Å². The molecular weight excluding hydrogens is 487 g/mol. The van der Waals surface area contributed by atoms with E-state index >= 15 is 0 Å². The maximum atomic E-state index is 7.13. The number of benzene rings is 2. The second-order valence-corrected chi connectivity index (χ2v) is 18.2. The number of hydrogen-bond acceptors (Lipinski definition) is 2. The molecule has 2 rings (SSSR count). The van der Waals surface area contributed by atoms with E-state index in [1.807, 2.05) is 0 Å². The predicted octanol–water partition coefficient (Wildman–Crippen LogP) is 8.55. The zero-order chi connectivity index (χ0) is 23.0. The van der Waals surface area contributed by atoms with Crippen LogP contribution in [0, 0.1) is 27.7 Å². The molecule has 0 aliphatic heterocycles. The fraction of sp³-hybridized carbons (Fsp3) is 0.571. The third-order valence-electron chi connectivity index (χ3n) is 6.77. The number of aryl methyl sites for hydroxylation is 2. The zero-order valence-corrected chi connectivity index (χ0v) is 24.1. The minimum atomic E-state index is -3.45. The monoisotopic (exact) mass is 532 g/mol. The van der Waals surface area contributed by atoms with E-state index in [-0.39, 0.29) is 0 Å². The van der Waals surface area contributed by atoms with E-state index in [1.54, 1.807) is 0 Å². The standard InChI is InChI=1S/2C10H14O.2C4H9.Sn/c2*1-4-9-8(3)7(2)5-6-10(9)11;2*1-3-4-2;/h2*5-6,11H,4H2,1-3H3;2*1,3-4H2,2H3;/q;;;;+2/p-2. The van der Waals surface area contributed by atoms with Gasteiger partial charge in [0.05, 0.1) is 0 Å². The first-order chi connectivity index (χ1) is 14.8. The average Bonchev–Trinajstić information content (AvgIpc) is 2.76. The van der Waals surface area contributed by atoms with Gasteiger partial charge in [0, 0.05) is 0 Å². The van der Waals surface area contributed by atoms with Crippen molar-refractivity contribution in [2.24, 2.45) is 0 Å². The normalized spacial score (nSPS) is 11.6. The Bertz CT molecular complexity index is 785. The van der Waals surface area contributed by atoms with Crippen LogP contribution in [0.2, 0.25) is 8.87 Å². The first kappa shape index (κ1) is 26.1. The van der Waals surface area contributed by atoms with Crippen LogP contribution in [-0.4, -0.2) is 19.2 Å². The molecule has 2 nitrogen and oxygen atoms in total. The van der Waals surface area contributed by atoms with Crippen molar-refractivity contribution in [1.29, 1.82) is 0 Å². The van der Waals surface area contributed by atoms with Crippen LogP contribution in [0.3, 0.4) is 0 Å². The second kappa shape index (κ2) is 12.2. The fourth-order valence-electron chi connectivity index (χ4n) is 4.41.